The number of aromatic nitrogens is 10. The molecule has 13 aromatic rings. The van der Waals surface area contributed by atoms with Crippen LogP contribution in [0, 0.1) is 0 Å². The van der Waals surface area contributed by atoms with Gasteiger partial charge in [-0.3, -0.25) is 9.13 Å². The zero-order valence-corrected chi connectivity index (χ0v) is 36.3. The third-order valence-corrected chi connectivity index (χ3v) is 13.1. The lowest BCUT2D eigenvalue weighted by Crippen LogP contribution is -2.06. The molecule has 11 heteroatoms. The van der Waals surface area contributed by atoms with Gasteiger partial charge >= 0.3 is 0 Å². The molecular weight excluding hydrogens is 845 g/mol. The molecule has 0 saturated heterocycles. The maximum atomic E-state index is 5.14. The highest BCUT2D eigenvalue weighted by atomic mass is 32.1. The molecule has 0 aliphatic heterocycles. The number of para-hydroxylation sites is 2. The highest BCUT2D eigenvalue weighted by molar-refractivity contribution is 7.18. The molecular formula is C56H34N10S. The molecule has 0 fully saturated rings. The Morgan fingerprint density at radius 3 is 1.25 bits per heavy atom. The van der Waals surface area contributed by atoms with Gasteiger partial charge in [0.2, 0.25) is 11.9 Å². The number of hydrogen-bond acceptors (Lipinski definition) is 9. The lowest BCUT2D eigenvalue weighted by molar-refractivity contribution is 0.953. The minimum absolute atomic E-state index is 0.530. The monoisotopic (exact) mass is 878 g/mol. The van der Waals surface area contributed by atoms with Crippen molar-refractivity contribution >= 4 is 54.9 Å². The number of rotatable bonds is 8. The highest BCUT2D eigenvalue weighted by Gasteiger charge is 2.23. The van der Waals surface area contributed by atoms with Gasteiger partial charge in [0.1, 0.15) is 10.0 Å². The summed E-state index contributed by atoms with van der Waals surface area (Å²) in [5, 5.41) is 15.6. The predicted molar refractivity (Wildman–Crippen MR) is 268 cm³/mol. The maximum absolute atomic E-state index is 5.14. The molecule has 0 unspecified atom stereocenters. The van der Waals surface area contributed by atoms with Crippen LogP contribution >= 0.6 is 11.3 Å². The van der Waals surface area contributed by atoms with Crippen molar-refractivity contribution < 1.29 is 0 Å². The Kier molecular flexibility index (Phi) is 9.10. The van der Waals surface area contributed by atoms with E-state index in [4.69, 9.17) is 40.1 Å². The van der Waals surface area contributed by atoms with Gasteiger partial charge in [0.25, 0.3) is 0 Å². The van der Waals surface area contributed by atoms with E-state index in [0.717, 1.165) is 87.0 Å². The van der Waals surface area contributed by atoms with Gasteiger partial charge in [-0.15, -0.1) is 10.2 Å². The third kappa shape index (κ3) is 6.64. The first-order valence-electron chi connectivity index (χ1n) is 21.9. The van der Waals surface area contributed by atoms with E-state index in [2.05, 4.69) is 94.1 Å². The number of fused-ring (bicyclic) bond motifs is 6. The lowest BCUT2D eigenvalue weighted by Gasteiger charge is -2.11. The molecule has 0 amide bonds. The molecule has 0 aliphatic rings. The van der Waals surface area contributed by atoms with Crippen LogP contribution in [0.1, 0.15) is 0 Å². The van der Waals surface area contributed by atoms with Gasteiger partial charge in [0.05, 0.1) is 22.1 Å². The van der Waals surface area contributed by atoms with Gasteiger partial charge in [-0.25, -0.2) is 9.97 Å². The molecule has 0 atom stereocenters. The first-order valence-corrected chi connectivity index (χ1v) is 22.7. The molecule has 0 aliphatic carbocycles. The average Bonchev–Trinajstić information content (AvgIpc) is 4.13. The van der Waals surface area contributed by atoms with Crippen molar-refractivity contribution in [2.24, 2.45) is 0 Å². The maximum Gasteiger partial charge on any atom is 0.238 e. The van der Waals surface area contributed by atoms with Crippen LogP contribution in [-0.2, 0) is 0 Å². The summed E-state index contributed by atoms with van der Waals surface area (Å²) >= 11 is 1.56. The Morgan fingerprint density at radius 2 is 0.716 bits per heavy atom. The molecule has 8 aromatic carbocycles. The van der Waals surface area contributed by atoms with Crippen molar-refractivity contribution in [3.63, 3.8) is 0 Å². The first-order chi connectivity index (χ1) is 33.2. The molecule has 0 radical (unpaired) electrons. The predicted octanol–water partition coefficient (Wildman–Crippen LogP) is 13.1. The summed E-state index contributed by atoms with van der Waals surface area (Å²) in [7, 11) is 0. The van der Waals surface area contributed by atoms with Crippen LogP contribution < -0.4 is 0 Å². The molecule has 0 spiro atoms. The zero-order chi connectivity index (χ0) is 44.3. The Hall–Kier alpha value is -9.06. The van der Waals surface area contributed by atoms with Gasteiger partial charge in [-0.05, 0) is 24.3 Å². The van der Waals surface area contributed by atoms with Crippen molar-refractivity contribution in [2.45, 2.75) is 0 Å². The van der Waals surface area contributed by atoms with Crippen molar-refractivity contribution in [1.29, 1.82) is 0 Å². The van der Waals surface area contributed by atoms with E-state index < -0.39 is 0 Å². The second kappa shape index (κ2) is 15.9. The van der Waals surface area contributed by atoms with Gasteiger partial charge in [-0.2, -0.15) is 19.9 Å². The summed E-state index contributed by atoms with van der Waals surface area (Å²) in [6.45, 7) is 0. The van der Waals surface area contributed by atoms with Crippen LogP contribution in [0.3, 0.4) is 0 Å². The normalized spacial score (nSPS) is 11.6. The second-order valence-corrected chi connectivity index (χ2v) is 17.1. The van der Waals surface area contributed by atoms with E-state index in [0.29, 0.717) is 35.2 Å². The Bertz CT molecular complexity index is 3860. The quantitative estimate of drug-likeness (QED) is 0.148. The van der Waals surface area contributed by atoms with Gasteiger partial charge in [0, 0.05) is 54.9 Å². The fourth-order valence-electron chi connectivity index (χ4n) is 8.98. The summed E-state index contributed by atoms with van der Waals surface area (Å²) < 4.78 is 4.27. The van der Waals surface area contributed by atoms with E-state index in [1.807, 2.05) is 121 Å². The van der Waals surface area contributed by atoms with Crippen LogP contribution in [0.2, 0.25) is 0 Å². The summed E-state index contributed by atoms with van der Waals surface area (Å²) in [5.41, 5.74) is 9.41. The van der Waals surface area contributed by atoms with Gasteiger partial charge in [0.15, 0.2) is 23.3 Å². The average molecular weight is 879 g/mol. The van der Waals surface area contributed by atoms with E-state index in [-0.39, 0.29) is 0 Å². The summed E-state index contributed by atoms with van der Waals surface area (Å²) in [6, 6.07) is 69.8. The van der Waals surface area contributed by atoms with E-state index >= 15 is 0 Å². The molecule has 10 nitrogen and oxygen atoms in total. The van der Waals surface area contributed by atoms with Crippen LogP contribution in [0.15, 0.2) is 206 Å². The van der Waals surface area contributed by atoms with Crippen LogP contribution in [-0.4, -0.2) is 49.2 Å². The van der Waals surface area contributed by atoms with Crippen molar-refractivity contribution in [3.8, 4) is 78.6 Å². The Balaban J connectivity index is 0.961. The molecule has 13 rings (SSSR count). The zero-order valence-electron chi connectivity index (χ0n) is 35.5. The minimum atomic E-state index is 0.530. The number of benzene rings is 8. The fourth-order valence-corrected chi connectivity index (χ4v) is 9.85. The SMILES string of the molecule is c1ccc(-c2nc(-c3ccccc3)nc(-n3c4ccccc4c4ccc(-c5nnc(-c6cccc7c6c6ccccc6n7-c6nc(-c7ccccc7)nc(-c7ccccc7)n6)s5)cc43)n2)cc1. The molecule has 0 bridgehead atoms. The molecule has 5 aromatic heterocycles. The lowest BCUT2D eigenvalue weighted by atomic mass is 10.1. The highest BCUT2D eigenvalue weighted by Crippen LogP contribution is 2.42. The number of nitrogens with zero attached hydrogens (tertiary/aromatic N) is 10. The van der Waals surface area contributed by atoms with Crippen molar-refractivity contribution in [3.05, 3.63) is 206 Å². The summed E-state index contributed by atoms with van der Waals surface area (Å²) in [5.74, 6) is 3.45. The fraction of sp³-hybridized carbons (Fsp3) is 0. The smallest absolute Gasteiger partial charge is 0.238 e. The summed E-state index contributed by atoms with van der Waals surface area (Å²) in [6.07, 6.45) is 0. The molecule has 0 N–H and O–H groups in total. The van der Waals surface area contributed by atoms with E-state index in [9.17, 15) is 0 Å². The molecule has 5 heterocycles. The Morgan fingerprint density at radius 1 is 0.299 bits per heavy atom. The number of hydrogen-bond donors (Lipinski definition) is 0. The van der Waals surface area contributed by atoms with Crippen LogP contribution in [0.5, 0.6) is 0 Å². The van der Waals surface area contributed by atoms with E-state index in [1.54, 1.807) is 11.3 Å². The topological polar surface area (TPSA) is 113 Å². The largest absolute Gasteiger partial charge is 0.278 e. The molecule has 67 heavy (non-hydrogen) atoms. The van der Waals surface area contributed by atoms with Gasteiger partial charge in [-0.1, -0.05) is 193 Å². The van der Waals surface area contributed by atoms with E-state index in [1.165, 1.54) is 0 Å². The van der Waals surface area contributed by atoms with Crippen molar-refractivity contribution in [2.75, 3.05) is 0 Å². The standard InChI is InChI=1S/C56H34N10S/c1-5-18-35(19-6-1)49-57-50(36-20-7-2-8-21-36)60-55(59-49)65-45-30-16-14-27-42(45)48-43(28-17-31-46(48)65)54-64-63-53(67-54)39-32-33-41-40-26-13-15-29-44(40)66(47(41)34-39)56-61-51(37-22-9-3-10-23-37)58-52(62-56)38-24-11-4-12-25-38/h1-34H. The third-order valence-electron chi connectivity index (χ3n) is 12.0. The summed E-state index contributed by atoms with van der Waals surface area (Å²) in [4.78, 5) is 30.5. The molecule has 314 valence electrons. The second-order valence-electron chi connectivity index (χ2n) is 16.1. The minimum Gasteiger partial charge on any atom is -0.278 e. The van der Waals surface area contributed by atoms with Crippen molar-refractivity contribution in [1.82, 2.24) is 49.2 Å². The molecule has 0 saturated carbocycles. The van der Waals surface area contributed by atoms with Gasteiger partial charge < -0.3 is 0 Å². The first kappa shape index (κ1) is 38.4. The van der Waals surface area contributed by atoms with Crippen LogP contribution in [0.25, 0.3) is 122 Å². The van der Waals surface area contributed by atoms with Crippen LogP contribution in [0.4, 0.5) is 0 Å². The Labute approximate surface area is 387 Å².